The number of benzene rings is 1. The Morgan fingerprint density at radius 3 is 2.65 bits per heavy atom. The Morgan fingerprint density at radius 1 is 1.25 bits per heavy atom. The van der Waals surface area contributed by atoms with Crippen molar-refractivity contribution >= 4 is 5.91 Å². The van der Waals surface area contributed by atoms with Gasteiger partial charge in [0.2, 0.25) is 11.8 Å². The lowest BCUT2D eigenvalue weighted by Gasteiger charge is -2.13. The molecule has 1 amide bonds. The number of likely N-dealkylation sites (tertiary alicyclic amines) is 1. The molecule has 0 N–H and O–H groups in total. The number of hydrogen-bond donors (Lipinski definition) is 0. The van der Waals surface area contributed by atoms with Gasteiger partial charge in [0.15, 0.2) is 0 Å². The van der Waals surface area contributed by atoms with Gasteiger partial charge in [0.1, 0.15) is 5.76 Å². The fourth-order valence-corrected chi connectivity index (χ4v) is 2.51. The standard InChI is InChI=1S/C16H18N2O2/c1-12-14(11-15(19)18-9-5-6-10-18)20-16(17-12)13-7-3-2-4-8-13/h2-4,7-8H,5-6,9-11H2,1H3. The Balaban J connectivity index is 1.77. The lowest BCUT2D eigenvalue weighted by Crippen LogP contribution is -2.29. The van der Waals surface area contributed by atoms with Gasteiger partial charge < -0.3 is 9.32 Å². The predicted molar refractivity (Wildman–Crippen MR) is 76.2 cm³/mol. The van der Waals surface area contributed by atoms with Gasteiger partial charge in [-0.1, -0.05) is 18.2 Å². The van der Waals surface area contributed by atoms with Gasteiger partial charge in [-0.3, -0.25) is 4.79 Å². The summed E-state index contributed by atoms with van der Waals surface area (Å²) in [7, 11) is 0. The second kappa shape index (κ2) is 5.49. The zero-order chi connectivity index (χ0) is 13.9. The van der Waals surface area contributed by atoms with E-state index in [1.165, 1.54) is 0 Å². The van der Waals surface area contributed by atoms with Crippen LogP contribution in [0.1, 0.15) is 24.3 Å². The topological polar surface area (TPSA) is 46.3 Å². The largest absolute Gasteiger partial charge is 0.440 e. The number of aromatic nitrogens is 1. The number of amides is 1. The monoisotopic (exact) mass is 270 g/mol. The van der Waals surface area contributed by atoms with Crippen LogP contribution in [0.15, 0.2) is 34.7 Å². The van der Waals surface area contributed by atoms with Crippen LogP contribution in [0.2, 0.25) is 0 Å². The molecule has 0 spiro atoms. The van der Waals surface area contributed by atoms with E-state index in [2.05, 4.69) is 4.98 Å². The minimum absolute atomic E-state index is 0.140. The molecular weight excluding hydrogens is 252 g/mol. The van der Waals surface area contributed by atoms with Crippen LogP contribution in [0.25, 0.3) is 11.5 Å². The summed E-state index contributed by atoms with van der Waals surface area (Å²) < 4.78 is 5.77. The van der Waals surface area contributed by atoms with E-state index in [-0.39, 0.29) is 5.91 Å². The van der Waals surface area contributed by atoms with E-state index in [0.717, 1.165) is 37.2 Å². The van der Waals surface area contributed by atoms with E-state index in [1.807, 2.05) is 42.2 Å². The molecule has 3 rings (SSSR count). The highest BCUT2D eigenvalue weighted by Gasteiger charge is 2.21. The first-order valence-electron chi connectivity index (χ1n) is 7.03. The molecule has 1 fully saturated rings. The first-order valence-corrected chi connectivity index (χ1v) is 7.03. The molecule has 4 heteroatoms. The third-order valence-electron chi connectivity index (χ3n) is 3.68. The minimum Gasteiger partial charge on any atom is -0.440 e. The van der Waals surface area contributed by atoms with Gasteiger partial charge in [0.05, 0.1) is 12.1 Å². The van der Waals surface area contributed by atoms with Gasteiger partial charge >= 0.3 is 0 Å². The van der Waals surface area contributed by atoms with Crippen LogP contribution in [0.3, 0.4) is 0 Å². The average Bonchev–Trinajstić information content (AvgIpc) is 3.10. The number of rotatable bonds is 3. The Hall–Kier alpha value is -2.10. The zero-order valence-corrected chi connectivity index (χ0v) is 11.6. The molecular formula is C16H18N2O2. The molecule has 0 aliphatic carbocycles. The van der Waals surface area contributed by atoms with Crippen molar-refractivity contribution in [2.75, 3.05) is 13.1 Å². The molecule has 104 valence electrons. The summed E-state index contributed by atoms with van der Waals surface area (Å²) in [4.78, 5) is 18.5. The summed E-state index contributed by atoms with van der Waals surface area (Å²) in [5.74, 6) is 1.41. The van der Waals surface area contributed by atoms with Crippen LogP contribution in [-0.2, 0) is 11.2 Å². The second-order valence-electron chi connectivity index (χ2n) is 5.16. The Morgan fingerprint density at radius 2 is 1.95 bits per heavy atom. The number of aryl methyl sites for hydroxylation is 1. The number of nitrogens with zero attached hydrogens (tertiary/aromatic N) is 2. The van der Waals surface area contributed by atoms with Gasteiger partial charge in [-0.25, -0.2) is 4.98 Å². The highest BCUT2D eigenvalue weighted by molar-refractivity contribution is 5.78. The van der Waals surface area contributed by atoms with Crippen LogP contribution < -0.4 is 0 Å². The van der Waals surface area contributed by atoms with Crippen molar-refractivity contribution < 1.29 is 9.21 Å². The van der Waals surface area contributed by atoms with E-state index >= 15 is 0 Å². The molecule has 2 aromatic rings. The summed E-state index contributed by atoms with van der Waals surface area (Å²) in [5, 5.41) is 0. The quantitative estimate of drug-likeness (QED) is 0.861. The molecule has 1 saturated heterocycles. The van der Waals surface area contributed by atoms with Crippen LogP contribution in [0.5, 0.6) is 0 Å². The number of carbonyl (C=O) groups excluding carboxylic acids is 1. The maximum absolute atomic E-state index is 12.2. The summed E-state index contributed by atoms with van der Waals surface area (Å²) in [6.07, 6.45) is 2.53. The third-order valence-corrected chi connectivity index (χ3v) is 3.68. The normalized spacial score (nSPS) is 14.8. The Bertz CT molecular complexity index is 598. The van der Waals surface area contributed by atoms with E-state index in [9.17, 15) is 4.79 Å². The molecule has 4 nitrogen and oxygen atoms in total. The fourth-order valence-electron chi connectivity index (χ4n) is 2.51. The first kappa shape index (κ1) is 12.9. The maximum atomic E-state index is 12.2. The van der Waals surface area contributed by atoms with Crippen LogP contribution in [0.4, 0.5) is 0 Å². The van der Waals surface area contributed by atoms with Crippen molar-refractivity contribution in [3.63, 3.8) is 0 Å². The Labute approximate surface area is 118 Å². The Kier molecular flexibility index (Phi) is 3.54. The summed E-state index contributed by atoms with van der Waals surface area (Å²) >= 11 is 0. The maximum Gasteiger partial charge on any atom is 0.230 e. The van der Waals surface area contributed by atoms with Crippen LogP contribution in [0, 0.1) is 6.92 Å². The smallest absolute Gasteiger partial charge is 0.230 e. The average molecular weight is 270 g/mol. The number of carbonyl (C=O) groups is 1. The first-order chi connectivity index (χ1) is 9.74. The third kappa shape index (κ3) is 2.59. The van der Waals surface area contributed by atoms with Crippen molar-refractivity contribution in [3.05, 3.63) is 41.8 Å². The molecule has 2 heterocycles. The van der Waals surface area contributed by atoms with Gasteiger partial charge in [-0.05, 0) is 31.9 Å². The molecule has 0 unspecified atom stereocenters. The molecule has 0 saturated carbocycles. The molecule has 1 aromatic carbocycles. The summed E-state index contributed by atoms with van der Waals surface area (Å²) in [6, 6.07) is 9.76. The molecule has 20 heavy (non-hydrogen) atoms. The van der Waals surface area contributed by atoms with Gasteiger partial charge in [0, 0.05) is 18.7 Å². The molecule has 0 radical (unpaired) electrons. The lowest BCUT2D eigenvalue weighted by atomic mass is 10.2. The van der Waals surface area contributed by atoms with Crippen molar-refractivity contribution in [1.82, 2.24) is 9.88 Å². The SMILES string of the molecule is Cc1nc(-c2ccccc2)oc1CC(=O)N1CCCC1. The fraction of sp³-hybridized carbons (Fsp3) is 0.375. The van der Waals surface area contributed by atoms with Gasteiger partial charge in [-0.2, -0.15) is 0 Å². The number of oxazole rings is 1. The predicted octanol–water partition coefficient (Wildman–Crippen LogP) is 2.81. The second-order valence-corrected chi connectivity index (χ2v) is 5.16. The van der Waals surface area contributed by atoms with E-state index < -0.39 is 0 Å². The molecule has 0 bridgehead atoms. The van der Waals surface area contributed by atoms with E-state index in [1.54, 1.807) is 0 Å². The number of hydrogen-bond acceptors (Lipinski definition) is 3. The molecule has 1 aliphatic heterocycles. The van der Waals surface area contributed by atoms with Gasteiger partial charge in [0.25, 0.3) is 0 Å². The molecule has 1 aliphatic rings. The highest BCUT2D eigenvalue weighted by Crippen LogP contribution is 2.22. The van der Waals surface area contributed by atoms with Crippen molar-refractivity contribution in [2.24, 2.45) is 0 Å². The van der Waals surface area contributed by atoms with Crippen LogP contribution in [-0.4, -0.2) is 28.9 Å². The van der Waals surface area contributed by atoms with Crippen molar-refractivity contribution in [3.8, 4) is 11.5 Å². The lowest BCUT2D eigenvalue weighted by molar-refractivity contribution is -0.129. The zero-order valence-electron chi connectivity index (χ0n) is 11.6. The molecule has 1 aromatic heterocycles. The summed E-state index contributed by atoms with van der Waals surface area (Å²) in [5.41, 5.74) is 1.74. The van der Waals surface area contributed by atoms with E-state index in [0.29, 0.717) is 18.1 Å². The van der Waals surface area contributed by atoms with E-state index in [4.69, 9.17) is 4.42 Å². The highest BCUT2D eigenvalue weighted by atomic mass is 16.4. The molecule has 0 atom stereocenters. The summed E-state index contributed by atoms with van der Waals surface area (Å²) in [6.45, 7) is 3.64. The van der Waals surface area contributed by atoms with Gasteiger partial charge in [-0.15, -0.1) is 0 Å². The van der Waals surface area contributed by atoms with Crippen LogP contribution >= 0.6 is 0 Å². The van der Waals surface area contributed by atoms with Crippen molar-refractivity contribution in [2.45, 2.75) is 26.2 Å². The van der Waals surface area contributed by atoms with Crippen molar-refractivity contribution in [1.29, 1.82) is 0 Å². The minimum atomic E-state index is 0.140.